The molecule has 0 spiro atoms. The number of rotatable bonds is 8. The molecule has 0 saturated carbocycles. The molecule has 0 amide bonds. The Labute approximate surface area is 131 Å². The predicted octanol–water partition coefficient (Wildman–Crippen LogP) is 1.81. The second kappa shape index (κ2) is 8.14. The van der Waals surface area contributed by atoms with Crippen molar-refractivity contribution >= 4 is 16.0 Å². The van der Waals surface area contributed by atoms with Crippen LogP contribution in [0.25, 0.3) is 0 Å². The van der Waals surface area contributed by atoms with Crippen molar-refractivity contribution in [3.05, 3.63) is 24.3 Å². The molecule has 0 bridgehead atoms. The molecule has 0 aliphatic carbocycles. The number of sulfonamides is 1. The quantitative estimate of drug-likeness (QED) is 0.736. The highest BCUT2D eigenvalue weighted by Gasteiger charge is 2.25. The van der Waals surface area contributed by atoms with Crippen LogP contribution < -0.4 is 9.46 Å². The Balaban J connectivity index is 2.89. The molecule has 0 radical (unpaired) electrons. The summed E-state index contributed by atoms with van der Waals surface area (Å²) in [5.41, 5.74) is 0. The summed E-state index contributed by atoms with van der Waals surface area (Å²) in [6.07, 6.45) is 0.543. The fourth-order valence-electron chi connectivity index (χ4n) is 2.13. The minimum Gasteiger partial charge on any atom is -0.495 e. The Morgan fingerprint density at radius 3 is 2.41 bits per heavy atom. The summed E-state index contributed by atoms with van der Waals surface area (Å²) in [6, 6.07) is 6.33. The molecule has 7 heteroatoms. The Morgan fingerprint density at radius 1 is 1.23 bits per heavy atom. The van der Waals surface area contributed by atoms with Crippen molar-refractivity contribution in [3.63, 3.8) is 0 Å². The molecule has 0 aromatic heterocycles. The van der Waals surface area contributed by atoms with Gasteiger partial charge >= 0.3 is 5.97 Å². The van der Waals surface area contributed by atoms with E-state index in [2.05, 4.69) is 4.72 Å². The van der Waals surface area contributed by atoms with Gasteiger partial charge in [0.2, 0.25) is 10.0 Å². The van der Waals surface area contributed by atoms with Gasteiger partial charge in [0, 0.05) is 6.54 Å². The number of carbonyl (C=O) groups excluding carboxylic acids is 1. The van der Waals surface area contributed by atoms with Gasteiger partial charge in [-0.05, 0) is 24.5 Å². The zero-order valence-electron chi connectivity index (χ0n) is 13.3. The van der Waals surface area contributed by atoms with Crippen LogP contribution in [0.5, 0.6) is 5.75 Å². The number of para-hydroxylation sites is 1. The summed E-state index contributed by atoms with van der Waals surface area (Å²) >= 11 is 0. The van der Waals surface area contributed by atoms with E-state index in [4.69, 9.17) is 9.47 Å². The van der Waals surface area contributed by atoms with E-state index in [0.29, 0.717) is 6.42 Å². The zero-order valence-corrected chi connectivity index (χ0v) is 14.1. The zero-order chi connectivity index (χ0) is 16.8. The molecule has 1 rings (SSSR count). The van der Waals surface area contributed by atoms with Crippen LogP contribution in [-0.2, 0) is 19.6 Å². The lowest BCUT2D eigenvalue weighted by molar-refractivity contribution is -0.145. The van der Waals surface area contributed by atoms with E-state index in [1.165, 1.54) is 20.3 Å². The number of carbonyl (C=O) groups is 1. The lowest BCUT2D eigenvalue weighted by atomic mass is 9.97. The molecular formula is C15H23NO5S. The number of ether oxygens (including phenoxy) is 2. The largest absolute Gasteiger partial charge is 0.495 e. The van der Waals surface area contributed by atoms with E-state index in [9.17, 15) is 13.2 Å². The van der Waals surface area contributed by atoms with Crippen LogP contribution in [-0.4, -0.2) is 35.2 Å². The number of methoxy groups -OCH3 is 2. The first-order valence-electron chi connectivity index (χ1n) is 7.02. The highest BCUT2D eigenvalue weighted by Crippen LogP contribution is 2.23. The summed E-state index contributed by atoms with van der Waals surface area (Å²) in [4.78, 5) is 11.8. The van der Waals surface area contributed by atoms with Crippen molar-refractivity contribution in [3.8, 4) is 5.75 Å². The van der Waals surface area contributed by atoms with E-state index in [1.54, 1.807) is 18.2 Å². The first-order chi connectivity index (χ1) is 10.3. The summed E-state index contributed by atoms with van der Waals surface area (Å²) in [5.74, 6) is -0.431. The van der Waals surface area contributed by atoms with Crippen LogP contribution >= 0.6 is 0 Å². The van der Waals surface area contributed by atoms with Crippen molar-refractivity contribution in [2.45, 2.75) is 25.2 Å². The summed E-state index contributed by atoms with van der Waals surface area (Å²) in [5, 5.41) is 0. The van der Waals surface area contributed by atoms with Gasteiger partial charge in [0.15, 0.2) is 0 Å². The third-order valence-electron chi connectivity index (χ3n) is 3.17. The van der Waals surface area contributed by atoms with Gasteiger partial charge in [-0.15, -0.1) is 0 Å². The molecule has 0 aliphatic heterocycles. The van der Waals surface area contributed by atoms with Gasteiger partial charge in [-0.1, -0.05) is 26.0 Å². The molecule has 1 unspecified atom stereocenters. The van der Waals surface area contributed by atoms with Crippen molar-refractivity contribution < 1.29 is 22.7 Å². The van der Waals surface area contributed by atoms with E-state index in [-0.39, 0.29) is 23.1 Å². The van der Waals surface area contributed by atoms with E-state index < -0.39 is 21.9 Å². The van der Waals surface area contributed by atoms with Crippen molar-refractivity contribution in [2.24, 2.45) is 11.8 Å². The highest BCUT2D eigenvalue weighted by atomic mass is 32.2. The van der Waals surface area contributed by atoms with E-state index >= 15 is 0 Å². The van der Waals surface area contributed by atoms with Crippen LogP contribution in [0, 0.1) is 11.8 Å². The third-order valence-corrected chi connectivity index (χ3v) is 4.63. The van der Waals surface area contributed by atoms with Crippen LogP contribution in [0.1, 0.15) is 20.3 Å². The van der Waals surface area contributed by atoms with E-state index in [1.807, 2.05) is 13.8 Å². The van der Waals surface area contributed by atoms with Crippen molar-refractivity contribution in [1.82, 2.24) is 4.72 Å². The molecule has 1 aromatic carbocycles. The summed E-state index contributed by atoms with van der Waals surface area (Å²) < 4.78 is 37.0. The fraction of sp³-hybridized carbons (Fsp3) is 0.533. The first-order valence-corrected chi connectivity index (χ1v) is 8.50. The molecule has 124 valence electrons. The molecule has 1 N–H and O–H groups in total. The molecule has 0 fully saturated rings. The number of hydrogen-bond acceptors (Lipinski definition) is 5. The third kappa shape index (κ3) is 4.99. The Hall–Kier alpha value is -1.60. The van der Waals surface area contributed by atoms with Crippen molar-refractivity contribution in [1.29, 1.82) is 0 Å². The maximum atomic E-state index is 12.4. The SMILES string of the molecule is COC(=O)C(CNS(=O)(=O)c1ccccc1OC)CC(C)C. The second-order valence-electron chi connectivity index (χ2n) is 5.35. The minimum absolute atomic E-state index is 0.00870. The monoisotopic (exact) mass is 329 g/mol. The van der Waals surface area contributed by atoms with Gasteiger partial charge in [0.25, 0.3) is 0 Å². The molecule has 0 aliphatic rings. The normalized spacial score (nSPS) is 13.0. The van der Waals surface area contributed by atoms with Gasteiger partial charge in [0.05, 0.1) is 20.1 Å². The number of benzene rings is 1. The minimum atomic E-state index is -3.76. The summed E-state index contributed by atoms with van der Waals surface area (Å²) in [7, 11) is -1.06. The van der Waals surface area contributed by atoms with Gasteiger partial charge in [0.1, 0.15) is 10.6 Å². The highest BCUT2D eigenvalue weighted by molar-refractivity contribution is 7.89. The smallest absolute Gasteiger partial charge is 0.309 e. The molecular weight excluding hydrogens is 306 g/mol. The molecule has 22 heavy (non-hydrogen) atoms. The molecule has 1 aromatic rings. The van der Waals surface area contributed by atoms with Crippen LogP contribution in [0.2, 0.25) is 0 Å². The average Bonchev–Trinajstić information content (AvgIpc) is 2.50. The number of hydrogen-bond donors (Lipinski definition) is 1. The fourth-order valence-corrected chi connectivity index (χ4v) is 3.38. The molecule has 1 atom stereocenters. The van der Waals surface area contributed by atoms with Gasteiger partial charge in [-0.25, -0.2) is 13.1 Å². The molecule has 6 nitrogen and oxygen atoms in total. The molecule has 0 saturated heterocycles. The average molecular weight is 329 g/mol. The Morgan fingerprint density at radius 2 is 1.86 bits per heavy atom. The van der Waals surface area contributed by atoms with Crippen molar-refractivity contribution in [2.75, 3.05) is 20.8 Å². The standard InChI is InChI=1S/C15H23NO5S/c1-11(2)9-12(15(17)21-4)10-16-22(18,19)14-8-6-5-7-13(14)20-3/h5-8,11-12,16H,9-10H2,1-4H3. The van der Waals surface area contributed by atoms with Crippen LogP contribution in [0.3, 0.4) is 0 Å². The molecule has 0 heterocycles. The predicted molar refractivity (Wildman–Crippen MR) is 83.1 cm³/mol. The number of nitrogens with one attached hydrogen (secondary N) is 1. The first kappa shape index (κ1) is 18.4. The van der Waals surface area contributed by atoms with E-state index in [0.717, 1.165) is 0 Å². The van der Waals surface area contributed by atoms with Crippen LogP contribution in [0.4, 0.5) is 0 Å². The number of esters is 1. The van der Waals surface area contributed by atoms with Crippen LogP contribution in [0.15, 0.2) is 29.2 Å². The lowest BCUT2D eigenvalue weighted by Crippen LogP contribution is -2.34. The van der Waals surface area contributed by atoms with Gasteiger partial charge in [-0.2, -0.15) is 0 Å². The van der Waals surface area contributed by atoms with Gasteiger partial charge in [-0.3, -0.25) is 4.79 Å². The topological polar surface area (TPSA) is 81.7 Å². The Kier molecular flexibility index (Phi) is 6.83. The maximum absolute atomic E-state index is 12.4. The maximum Gasteiger partial charge on any atom is 0.309 e. The lowest BCUT2D eigenvalue weighted by Gasteiger charge is -2.18. The summed E-state index contributed by atoms with van der Waals surface area (Å²) in [6.45, 7) is 3.92. The second-order valence-corrected chi connectivity index (χ2v) is 7.09. The Bertz CT molecular complexity index is 598. The van der Waals surface area contributed by atoms with Gasteiger partial charge < -0.3 is 9.47 Å².